The Morgan fingerprint density at radius 1 is 1.29 bits per heavy atom. The SMILES string of the molecule is COC(=O)c1ccc(CCNC(=O)OC(C)(C)C)cc1O. The second-order valence-corrected chi connectivity index (χ2v) is 5.52. The third-order valence-corrected chi connectivity index (χ3v) is 2.55. The molecule has 1 aromatic carbocycles. The lowest BCUT2D eigenvalue weighted by molar-refractivity contribution is 0.0527. The maximum absolute atomic E-state index is 11.5. The quantitative estimate of drug-likeness (QED) is 0.832. The number of alkyl carbamates (subject to hydrolysis) is 1. The van der Waals surface area contributed by atoms with Crippen LogP contribution in [0.2, 0.25) is 0 Å². The number of hydrogen-bond acceptors (Lipinski definition) is 5. The molecule has 0 heterocycles. The van der Waals surface area contributed by atoms with Gasteiger partial charge >= 0.3 is 12.1 Å². The molecule has 6 heteroatoms. The van der Waals surface area contributed by atoms with Crippen molar-refractivity contribution in [2.45, 2.75) is 32.8 Å². The predicted molar refractivity (Wildman–Crippen MR) is 77.4 cm³/mol. The third kappa shape index (κ3) is 5.72. The zero-order chi connectivity index (χ0) is 16.0. The molecule has 0 atom stereocenters. The van der Waals surface area contributed by atoms with Crippen LogP contribution in [0.4, 0.5) is 4.79 Å². The number of phenolic OH excluding ortho intramolecular Hbond substituents is 1. The van der Waals surface area contributed by atoms with Crippen molar-refractivity contribution in [3.63, 3.8) is 0 Å². The molecule has 6 nitrogen and oxygen atoms in total. The Bertz CT molecular complexity index is 519. The fraction of sp³-hybridized carbons (Fsp3) is 0.467. The number of hydrogen-bond donors (Lipinski definition) is 2. The van der Waals surface area contributed by atoms with Gasteiger partial charge in [0.05, 0.1) is 7.11 Å². The van der Waals surface area contributed by atoms with E-state index in [0.717, 1.165) is 5.56 Å². The first-order valence-corrected chi connectivity index (χ1v) is 6.60. The van der Waals surface area contributed by atoms with E-state index in [1.54, 1.807) is 26.8 Å². The number of methoxy groups -OCH3 is 1. The van der Waals surface area contributed by atoms with E-state index in [0.29, 0.717) is 13.0 Å². The number of carbonyl (C=O) groups excluding carboxylic acids is 2. The largest absolute Gasteiger partial charge is 0.507 e. The molecule has 0 aliphatic carbocycles. The summed E-state index contributed by atoms with van der Waals surface area (Å²) in [6.07, 6.45) is 0.0201. The van der Waals surface area contributed by atoms with Crippen LogP contribution in [-0.2, 0) is 15.9 Å². The first-order chi connectivity index (χ1) is 9.73. The average Bonchev–Trinajstić information content (AvgIpc) is 2.36. The molecule has 0 bridgehead atoms. The fourth-order valence-electron chi connectivity index (χ4n) is 1.64. The van der Waals surface area contributed by atoms with Crippen LogP contribution in [0, 0.1) is 0 Å². The Hall–Kier alpha value is -2.24. The highest BCUT2D eigenvalue weighted by Crippen LogP contribution is 2.19. The van der Waals surface area contributed by atoms with Gasteiger partial charge in [0.2, 0.25) is 0 Å². The molecular weight excluding hydrogens is 274 g/mol. The topological polar surface area (TPSA) is 84.9 Å². The van der Waals surface area contributed by atoms with Crippen LogP contribution in [0.3, 0.4) is 0 Å². The van der Waals surface area contributed by atoms with Gasteiger partial charge in [0, 0.05) is 6.54 Å². The van der Waals surface area contributed by atoms with Gasteiger partial charge in [0.25, 0.3) is 0 Å². The normalized spacial score (nSPS) is 10.9. The molecule has 1 rings (SSSR count). The highest BCUT2D eigenvalue weighted by Gasteiger charge is 2.16. The van der Waals surface area contributed by atoms with E-state index in [1.165, 1.54) is 19.2 Å². The zero-order valence-electron chi connectivity index (χ0n) is 12.7. The summed E-state index contributed by atoms with van der Waals surface area (Å²) >= 11 is 0. The van der Waals surface area contributed by atoms with Gasteiger partial charge in [-0.2, -0.15) is 0 Å². The molecule has 21 heavy (non-hydrogen) atoms. The van der Waals surface area contributed by atoms with Crippen LogP contribution in [-0.4, -0.2) is 36.4 Å². The van der Waals surface area contributed by atoms with Crippen LogP contribution in [0.25, 0.3) is 0 Å². The fourth-order valence-corrected chi connectivity index (χ4v) is 1.64. The van der Waals surface area contributed by atoms with E-state index in [-0.39, 0.29) is 11.3 Å². The Morgan fingerprint density at radius 2 is 1.95 bits per heavy atom. The molecule has 0 spiro atoms. The smallest absolute Gasteiger partial charge is 0.407 e. The van der Waals surface area contributed by atoms with Crippen molar-refractivity contribution in [2.24, 2.45) is 0 Å². The van der Waals surface area contributed by atoms with Crippen molar-refractivity contribution in [3.8, 4) is 5.75 Å². The van der Waals surface area contributed by atoms with E-state index < -0.39 is 17.7 Å². The predicted octanol–water partition coefficient (Wildman–Crippen LogP) is 2.25. The summed E-state index contributed by atoms with van der Waals surface area (Å²) in [7, 11) is 1.25. The first-order valence-electron chi connectivity index (χ1n) is 6.60. The lowest BCUT2D eigenvalue weighted by atomic mass is 10.1. The van der Waals surface area contributed by atoms with Crippen molar-refractivity contribution in [3.05, 3.63) is 29.3 Å². The Labute approximate surface area is 124 Å². The van der Waals surface area contributed by atoms with Gasteiger partial charge in [-0.15, -0.1) is 0 Å². The van der Waals surface area contributed by atoms with Crippen LogP contribution in [0.1, 0.15) is 36.7 Å². The summed E-state index contributed by atoms with van der Waals surface area (Å²) in [5.74, 6) is -0.734. The first kappa shape index (κ1) is 16.8. The number of benzene rings is 1. The molecule has 2 N–H and O–H groups in total. The molecule has 0 saturated carbocycles. The Balaban J connectivity index is 2.52. The molecule has 0 fully saturated rings. The second kappa shape index (κ2) is 6.97. The van der Waals surface area contributed by atoms with E-state index in [1.807, 2.05) is 0 Å². The van der Waals surface area contributed by atoms with E-state index in [2.05, 4.69) is 10.1 Å². The van der Waals surface area contributed by atoms with Crippen LogP contribution < -0.4 is 5.32 Å². The molecule has 0 unspecified atom stereocenters. The van der Waals surface area contributed by atoms with Gasteiger partial charge < -0.3 is 19.9 Å². The molecule has 1 amide bonds. The Morgan fingerprint density at radius 3 is 2.48 bits per heavy atom. The maximum Gasteiger partial charge on any atom is 0.407 e. The lowest BCUT2D eigenvalue weighted by Crippen LogP contribution is -2.33. The Kier molecular flexibility index (Phi) is 5.58. The number of phenols is 1. The standard InChI is InChI=1S/C15H21NO5/c1-15(2,3)21-14(19)16-8-7-10-5-6-11(12(17)9-10)13(18)20-4/h5-6,9,17H,7-8H2,1-4H3,(H,16,19). The van der Waals surface area contributed by atoms with E-state index in [9.17, 15) is 14.7 Å². The molecule has 0 aliphatic rings. The minimum Gasteiger partial charge on any atom is -0.507 e. The van der Waals surface area contributed by atoms with Crippen LogP contribution in [0.5, 0.6) is 5.75 Å². The lowest BCUT2D eigenvalue weighted by Gasteiger charge is -2.19. The van der Waals surface area contributed by atoms with Gasteiger partial charge in [0.15, 0.2) is 0 Å². The third-order valence-electron chi connectivity index (χ3n) is 2.55. The number of esters is 1. The summed E-state index contributed by atoms with van der Waals surface area (Å²) in [5, 5.41) is 12.4. The minimum atomic E-state index is -0.592. The highest BCUT2D eigenvalue weighted by molar-refractivity contribution is 5.92. The van der Waals surface area contributed by atoms with Crippen molar-refractivity contribution in [1.82, 2.24) is 5.32 Å². The van der Waals surface area contributed by atoms with Gasteiger partial charge in [-0.1, -0.05) is 6.07 Å². The van der Waals surface area contributed by atoms with E-state index >= 15 is 0 Å². The number of rotatable bonds is 4. The number of aromatic hydroxyl groups is 1. The summed E-state index contributed by atoms with van der Waals surface area (Å²) in [5.41, 5.74) is 0.363. The molecular formula is C15H21NO5. The van der Waals surface area contributed by atoms with Crippen molar-refractivity contribution < 1.29 is 24.2 Å². The summed E-state index contributed by atoms with van der Waals surface area (Å²) in [6, 6.07) is 4.66. The summed E-state index contributed by atoms with van der Waals surface area (Å²) in [4.78, 5) is 22.8. The average molecular weight is 295 g/mol. The van der Waals surface area contributed by atoms with Gasteiger partial charge in [-0.05, 0) is 44.9 Å². The molecule has 116 valence electrons. The van der Waals surface area contributed by atoms with Crippen LogP contribution in [0.15, 0.2) is 18.2 Å². The molecule has 0 aromatic heterocycles. The summed E-state index contributed by atoms with van der Waals surface area (Å²) in [6.45, 7) is 5.73. The monoisotopic (exact) mass is 295 g/mol. The zero-order valence-corrected chi connectivity index (χ0v) is 12.7. The summed E-state index contributed by atoms with van der Waals surface area (Å²) < 4.78 is 9.65. The van der Waals surface area contributed by atoms with Gasteiger partial charge in [-0.3, -0.25) is 0 Å². The van der Waals surface area contributed by atoms with Gasteiger partial charge in [0.1, 0.15) is 16.9 Å². The number of nitrogens with one attached hydrogen (secondary N) is 1. The van der Waals surface area contributed by atoms with Crippen molar-refractivity contribution in [2.75, 3.05) is 13.7 Å². The van der Waals surface area contributed by atoms with Crippen molar-refractivity contribution in [1.29, 1.82) is 0 Å². The maximum atomic E-state index is 11.5. The minimum absolute atomic E-state index is 0.112. The van der Waals surface area contributed by atoms with Crippen molar-refractivity contribution >= 4 is 12.1 Å². The number of carbonyl (C=O) groups is 2. The molecule has 0 saturated heterocycles. The highest BCUT2D eigenvalue weighted by atomic mass is 16.6. The van der Waals surface area contributed by atoms with Crippen LogP contribution >= 0.6 is 0 Å². The van der Waals surface area contributed by atoms with Gasteiger partial charge in [-0.25, -0.2) is 9.59 Å². The second-order valence-electron chi connectivity index (χ2n) is 5.52. The van der Waals surface area contributed by atoms with E-state index in [4.69, 9.17) is 4.74 Å². The molecule has 1 aromatic rings. The molecule has 0 radical (unpaired) electrons. The molecule has 0 aliphatic heterocycles. The number of ether oxygens (including phenoxy) is 2. The number of amides is 1.